The predicted molar refractivity (Wildman–Crippen MR) is 85.8 cm³/mol. The van der Waals surface area contributed by atoms with Gasteiger partial charge < -0.3 is 9.72 Å². The van der Waals surface area contributed by atoms with Gasteiger partial charge in [-0.1, -0.05) is 42.5 Å². The molecule has 5 nitrogen and oxygen atoms in total. The van der Waals surface area contributed by atoms with Crippen molar-refractivity contribution in [2.75, 3.05) is 7.11 Å². The van der Waals surface area contributed by atoms with E-state index < -0.39 is 17.2 Å². The maximum Gasteiger partial charge on any atom is 0.355 e. The molecule has 1 N–H and O–H groups in total. The fourth-order valence-corrected chi connectivity index (χ4v) is 2.44. The maximum absolute atomic E-state index is 12.7. The van der Waals surface area contributed by atoms with Crippen molar-refractivity contribution < 1.29 is 14.3 Å². The smallest absolute Gasteiger partial charge is 0.355 e. The molecule has 23 heavy (non-hydrogen) atoms. The number of aromatic nitrogens is 1. The van der Waals surface area contributed by atoms with Crippen LogP contribution in [-0.2, 0) is 4.74 Å². The molecule has 0 unspecified atom stereocenters. The molecule has 0 saturated carbocycles. The number of aromatic amines is 1. The minimum Gasteiger partial charge on any atom is -0.464 e. The summed E-state index contributed by atoms with van der Waals surface area (Å²) >= 11 is 0. The topological polar surface area (TPSA) is 76.2 Å². The first-order chi connectivity index (χ1) is 11.1. The molecule has 1 heterocycles. The largest absolute Gasteiger partial charge is 0.464 e. The first-order valence-corrected chi connectivity index (χ1v) is 6.96. The second kappa shape index (κ2) is 5.88. The Hall–Kier alpha value is -3.21. The lowest BCUT2D eigenvalue weighted by atomic mass is 9.99. The number of carbonyl (C=O) groups is 2. The van der Waals surface area contributed by atoms with Crippen LogP contribution in [0.4, 0.5) is 0 Å². The normalized spacial score (nSPS) is 10.5. The lowest BCUT2D eigenvalue weighted by Crippen LogP contribution is -2.24. The summed E-state index contributed by atoms with van der Waals surface area (Å²) in [5.74, 6) is -1.27. The lowest BCUT2D eigenvalue weighted by Gasteiger charge is -2.09. The van der Waals surface area contributed by atoms with Gasteiger partial charge in [-0.3, -0.25) is 9.59 Å². The highest BCUT2D eigenvalue weighted by Gasteiger charge is 2.24. The van der Waals surface area contributed by atoms with Crippen molar-refractivity contribution in [3.63, 3.8) is 0 Å². The number of para-hydroxylation sites is 1. The van der Waals surface area contributed by atoms with Gasteiger partial charge in [0, 0.05) is 16.5 Å². The van der Waals surface area contributed by atoms with Crippen LogP contribution < -0.4 is 5.43 Å². The quantitative estimate of drug-likeness (QED) is 0.596. The van der Waals surface area contributed by atoms with Crippen molar-refractivity contribution in [3.8, 4) is 0 Å². The number of nitrogens with one attached hydrogen (secondary N) is 1. The van der Waals surface area contributed by atoms with E-state index in [-0.39, 0.29) is 11.3 Å². The zero-order valence-electron chi connectivity index (χ0n) is 12.3. The molecule has 1 aromatic heterocycles. The number of rotatable bonds is 3. The molecular weight excluding hydrogens is 294 g/mol. The SMILES string of the molecule is COC(=O)c1[nH]c2ccccc2c(=O)c1C(=O)c1ccccc1. The Bertz CT molecular complexity index is 958. The summed E-state index contributed by atoms with van der Waals surface area (Å²) < 4.78 is 4.71. The number of fused-ring (bicyclic) bond motifs is 1. The summed E-state index contributed by atoms with van der Waals surface area (Å²) in [7, 11) is 1.20. The van der Waals surface area contributed by atoms with E-state index >= 15 is 0 Å². The Kier molecular flexibility index (Phi) is 3.76. The van der Waals surface area contributed by atoms with Gasteiger partial charge in [0.05, 0.1) is 7.11 Å². The van der Waals surface area contributed by atoms with E-state index in [1.807, 2.05) is 0 Å². The van der Waals surface area contributed by atoms with Crippen LogP contribution in [-0.4, -0.2) is 23.8 Å². The van der Waals surface area contributed by atoms with E-state index in [1.165, 1.54) is 7.11 Å². The molecule has 5 heteroatoms. The van der Waals surface area contributed by atoms with Crippen molar-refractivity contribution in [2.45, 2.75) is 0 Å². The molecule has 0 amide bonds. The molecule has 114 valence electrons. The molecule has 3 aromatic rings. The third-order valence-electron chi connectivity index (χ3n) is 3.56. The lowest BCUT2D eigenvalue weighted by molar-refractivity contribution is 0.0591. The Morgan fingerprint density at radius 2 is 1.61 bits per heavy atom. The number of H-pyrrole nitrogens is 1. The standard InChI is InChI=1S/C18H13NO4/c1-23-18(22)15-14(16(20)11-7-3-2-4-8-11)17(21)12-9-5-6-10-13(12)19-15/h2-10H,1H3,(H,19,21). The first-order valence-electron chi connectivity index (χ1n) is 6.96. The summed E-state index contributed by atoms with van der Waals surface area (Å²) in [4.78, 5) is 40.3. The van der Waals surface area contributed by atoms with Gasteiger partial charge in [-0.2, -0.15) is 0 Å². The van der Waals surface area contributed by atoms with Gasteiger partial charge in [0.25, 0.3) is 0 Å². The molecule has 0 saturated heterocycles. The summed E-state index contributed by atoms with van der Waals surface area (Å²) in [6.45, 7) is 0. The van der Waals surface area contributed by atoms with Gasteiger partial charge in [-0.15, -0.1) is 0 Å². The second-order valence-corrected chi connectivity index (χ2v) is 4.94. The predicted octanol–water partition coefficient (Wildman–Crippen LogP) is 2.55. The summed E-state index contributed by atoms with van der Waals surface area (Å²) in [6, 6.07) is 15.1. The Morgan fingerprint density at radius 1 is 0.957 bits per heavy atom. The maximum atomic E-state index is 12.7. The van der Waals surface area contributed by atoms with Gasteiger partial charge in [0.1, 0.15) is 11.3 Å². The van der Waals surface area contributed by atoms with Gasteiger partial charge in [0.2, 0.25) is 5.43 Å². The van der Waals surface area contributed by atoms with Crippen LogP contribution in [0.25, 0.3) is 10.9 Å². The molecule has 0 aliphatic rings. The van der Waals surface area contributed by atoms with Crippen molar-refractivity contribution in [2.24, 2.45) is 0 Å². The second-order valence-electron chi connectivity index (χ2n) is 4.94. The molecule has 2 aromatic carbocycles. The molecular formula is C18H13NO4. The van der Waals surface area contributed by atoms with Crippen LogP contribution in [0.15, 0.2) is 59.4 Å². The molecule has 0 spiro atoms. The van der Waals surface area contributed by atoms with Crippen LogP contribution in [0.2, 0.25) is 0 Å². The number of ketones is 1. The highest BCUT2D eigenvalue weighted by molar-refractivity contribution is 6.15. The fraction of sp³-hybridized carbons (Fsp3) is 0.0556. The fourth-order valence-electron chi connectivity index (χ4n) is 2.44. The molecule has 3 rings (SSSR count). The molecule has 0 aliphatic carbocycles. The molecule has 0 radical (unpaired) electrons. The average molecular weight is 307 g/mol. The summed E-state index contributed by atoms with van der Waals surface area (Å²) in [6.07, 6.45) is 0. The van der Waals surface area contributed by atoms with Crippen molar-refractivity contribution in [3.05, 3.63) is 81.6 Å². The number of esters is 1. The van der Waals surface area contributed by atoms with Gasteiger partial charge in [-0.25, -0.2) is 4.79 Å². The number of carbonyl (C=O) groups excluding carboxylic acids is 2. The third-order valence-corrected chi connectivity index (χ3v) is 3.56. The first kappa shape index (κ1) is 14.7. The zero-order chi connectivity index (χ0) is 16.4. The monoisotopic (exact) mass is 307 g/mol. The van der Waals surface area contributed by atoms with E-state index in [0.717, 1.165) is 0 Å². The number of benzene rings is 2. The van der Waals surface area contributed by atoms with Crippen molar-refractivity contribution >= 4 is 22.7 Å². The number of pyridine rings is 1. The average Bonchev–Trinajstić information content (AvgIpc) is 2.61. The van der Waals surface area contributed by atoms with Gasteiger partial charge >= 0.3 is 5.97 Å². The minimum absolute atomic E-state index is 0.134. The number of ether oxygens (including phenoxy) is 1. The molecule has 0 bridgehead atoms. The van der Waals surface area contributed by atoms with Crippen LogP contribution in [0.3, 0.4) is 0 Å². The third kappa shape index (κ3) is 2.53. The van der Waals surface area contributed by atoms with Gasteiger partial charge in [0.15, 0.2) is 5.78 Å². The van der Waals surface area contributed by atoms with E-state index in [1.54, 1.807) is 54.6 Å². The van der Waals surface area contributed by atoms with E-state index in [9.17, 15) is 14.4 Å². The van der Waals surface area contributed by atoms with Gasteiger partial charge in [-0.05, 0) is 12.1 Å². The minimum atomic E-state index is -0.757. The highest BCUT2D eigenvalue weighted by Crippen LogP contribution is 2.16. The Balaban J connectivity index is 2.34. The number of hydrogen-bond donors (Lipinski definition) is 1. The van der Waals surface area contributed by atoms with Crippen LogP contribution >= 0.6 is 0 Å². The molecule has 0 atom stereocenters. The van der Waals surface area contributed by atoms with Crippen molar-refractivity contribution in [1.82, 2.24) is 4.98 Å². The zero-order valence-corrected chi connectivity index (χ0v) is 12.3. The summed E-state index contributed by atoms with van der Waals surface area (Å²) in [5.41, 5.74) is -0.0265. The Morgan fingerprint density at radius 3 is 2.30 bits per heavy atom. The Labute approximate surface area is 131 Å². The number of hydrogen-bond acceptors (Lipinski definition) is 4. The van der Waals surface area contributed by atoms with E-state index in [0.29, 0.717) is 16.5 Å². The number of methoxy groups -OCH3 is 1. The highest BCUT2D eigenvalue weighted by atomic mass is 16.5. The molecule has 0 aliphatic heterocycles. The summed E-state index contributed by atoms with van der Waals surface area (Å²) in [5, 5.41) is 0.347. The van der Waals surface area contributed by atoms with E-state index in [2.05, 4.69) is 4.98 Å². The molecule has 0 fully saturated rings. The van der Waals surface area contributed by atoms with Crippen LogP contribution in [0.5, 0.6) is 0 Å². The van der Waals surface area contributed by atoms with Crippen molar-refractivity contribution in [1.29, 1.82) is 0 Å². The van der Waals surface area contributed by atoms with E-state index in [4.69, 9.17) is 4.74 Å². The van der Waals surface area contributed by atoms with Crippen LogP contribution in [0.1, 0.15) is 26.4 Å². The van der Waals surface area contributed by atoms with Crippen LogP contribution in [0, 0.1) is 0 Å².